The molecule has 0 amide bonds. The van der Waals surface area contributed by atoms with Crippen LogP contribution in [0.1, 0.15) is 11.3 Å². The molecule has 88 valence electrons. The summed E-state index contributed by atoms with van der Waals surface area (Å²) < 4.78 is 0. The fourth-order valence-electron chi connectivity index (χ4n) is 1.76. The molecule has 1 aliphatic rings. The fraction of sp³-hybridized carbons (Fsp3) is 0.636. The second-order valence-electron chi connectivity index (χ2n) is 3.84. The molecule has 0 radical (unpaired) electrons. The molecule has 3 nitrogen and oxygen atoms in total. The van der Waals surface area contributed by atoms with E-state index in [1.165, 1.54) is 17.1 Å². The summed E-state index contributed by atoms with van der Waals surface area (Å²) in [6.45, 7) is 6.40. The van der Waals surface area contributed by atoms with Gasteiger partial charge in [0.15, 0.2) is 5.16 Å². The lowest BCUT2D eigenvalue weighted by Crippen LogP contribution is -2.34. The van der Waals surface area contributed by atoms with Gasteiger partial charge in [0.2, 0.25) is 0 Å². The average Bonchev–Trinajstić information content (AvgIpc) is 2.33. The van der Waals surface area contributed by atoms with Gasteiger partial charge in [0.25, 0.3) is 0 Å². The maximum atomic E-state index is 4.64. The van der Waals surface area contributed by atoms with E-state index in [0.717, 1.165) is 29.8 Å². The van der Waals surface area contributed by atoms with Gasteiger partial charge in [-0.05, 0) is 20.1 Å². The molecular weight excluding hydrogens is 238 g/mol. The molecule has 1 aromatic heterocycles. The minimum Gasteiger partial charge on any atom is -0.355 e. The van der Waals surface area contributed by atoms with Gasteiger partial charge >= 0.3 is 0 Å². The molecule has 0 aromatic carbocycles. The van der Waals surface area contributed by atoms with E-state index in [9.17, 15) is 0 Å². The topological polar surface area (TPSA) is 29.0 Å². The number of anilines is 1. The van der Waals surface area contributed by atoms with E-state index in [1.54, 1.807) is 11.8 Å². The molecule has 16 heavy (non-hydrogen) atoms. The van der Waals surface area contributed by atoms with Crippen LogP contribution >= 0.6 is 23.5 Å². The summed E-state index contributed by atoms with van der Waals surface area (Å²) in [7, 11) is 0. The molecule has 0 unspecified atom stereocenters. The Labute approximate surface area is 105 Å². The molecule has 2 rings (SSSR count). The summed E-state index contributed by atoms with van der Waals surface area (Å²) in [5, 5.41) is 0.885. The zero-order chi connectivity index (χ0) is 11.5. The van der Waals surface area contributed by atoms with Crippen LogP contribution in [-0.4, -0.2) is 40.8 Å². The highest BCUT2D eigenvalue weighted by Gasteiger charge is 2.17. The summed E-state index contributed by atoms with van der Waals surface area (Å²) in [4.78, 5) is 11.5. The minimum atomic E-state index is 0.885. The molecule has 0 N–H and O–H groups in total. The molecule has 1 aliphatic heterocycles. The number of nitrogens with zero attached hydrogens (tertiary/aromatic N) is 3. The third-order valence-corrected chi connectivity index (χ3v) is 4.33. The quantitative estimate of drug-likeness (QED) is 0.598. The number of aryl methyl sites for hydroxylation is 1. The number of thioether (sulfide) groups is 2. The van der Waals surface area contributed by atoms with E-state index in [1.807, 2.05) is 18.0 Å². The zero-order valence-corrected chi connectivity index (χ0v) is 11.6. The highest BCUT2D eigenvalue weighted by molar-refractivity contribution is 7.99. The molecular formula is C11H17N3S2. The molecule has 0 saturated carbocycles. The highest BCUT2D eigenvalue weighted by Crippen LogP contribution is 2.25. The molecule has 1 fully saturated rings. The Morgan fingerprint density at radius 1 is 1.19 bits per heavy atom. The maximum absolute atomic E-state index is 4.64. The average molecular weight is 255 g/mol. The van der Waals surface area contributed by atoms with Crippen LogP contribution in [0.3, 0.4) is 0 Å². The third kappa shape index (κ3) is 2.46. The van der Waals surface area contributed by atoms with Gasteiger partial charge in [-0.25, -0.2) is 9.97 Å². The van der Waals surface area contributed by atoms with Crippen LogP contribution in [0.15, 0.2) is 5.16 Å². The van der Waals surface area contributed by atoms with Crippen molar-refractivity contribution in [3.05, 3.63) is 11.3 Å². The maximum Gasteiger partial charge on any atom is 0.189 e. The number of aromatic nitrogens is 2. The normalized spacial score (nSPS) is 16.6. The molecule has 2 heterocycles. The first kappa shape index (κ1) is 12.0. The van der Waals surface area contributed by atoms with Gasteiger partial charge in [0.1, 0.15) is 5.82 Å². The number of hydrogen-bond donors (Lipinski definition) is 0. The smallest absolute Gasteiger partial charge is 0.189 e. The first-order valence-electron chi connectivity index (χ1n) is 5.44. The van der Waals surface area contributed by atoms with Crippen molar-refractivity contribution in [2.45, 2.75) is 19.0 Å². The Morgan fingerprint density at radius 2 is 1.88 bits per heavy atom. The van der Waals surface area contributed by atoms with Gasteiger partial charge in [-0.1, -0.05) is 11.8 Å². The lowest BCUT2D eigenvalue weighted by Gasteiger charge is -2.29. The van der Waals surface area contributed by atoms with E-state index in [2.05, 4.69) is 28.7 Å². The highest BCUT2D eigenvalue weighted by atomic mass is 32.2. The van der Waals surface area contributed by atoms with E-state index >= 15 is 0 Å². The summed E-state index contributed by atoms with van der Waals surface area (Å²) in [6, 6.07) is 0. The zero-order valence-electron chi connectivity index (χ0n) is 9.99. The summed E-state index contributed by atoms with van der Waals surface area (Å²) in [5.41, 5.74) is 2.33. The standard InChI is InChI=1S/C11H17N3S2/c1-8-9(2)12-11(15-3)13-10(8)14-4-6-16-7-5-14/h4-7H2,1-3H3. The molecule has 0 aliphatic carbocycles. The lowest BCUT2D eigenvalue weighted by molar-refractivity contribution is 0.798. The van der Waals surface area contributed by atoms with Crippen LogP contribution < -0.4 is 4.90 Å². The molecule has 0 atom stereocenters. The minimum absolute atomic E-state index is 0.885. The largest absolute Gasteiger partial charge is 0.355 e. The Bertz CT molecular complexity index is 376. The van der Waals surface area contributed by atoms with Gasteiger partial charge in [-0.3, -0.25) is 0 Å². The summed E-state index contributed by atoms with van der Waals surface area (Å²) in [5.74, 6) is 3.55. The van der Waals surface area contributed by atoms with Crippen molar-refractivity contribution in [1.29, 1.82) is 0 Å². The molecule has 1 saturated heterocycles. The predicted octanol–water partition coefficient (Wildman–Crippen LogP) is 2.37. The van der Waals surface area contributed by atoms with Crippen molar-refractivity contribution in [2.75, 3.05) is 35.8 Å². The van der Waals surface area contributed by atoms with Crippen LogP contribution in [0.2, 0.25) is 0 Å². The van der Waals surface area contributed by atoms with Crippen molar-refractivity contribution >= 4 is 29.3 Å². The van der Waals surface area contributed by atoms with Crippen molar-refractivity contribution in [3.8, 4) is 0 Å². The van der Waals surface area contributed by atoms with Crippen molar-refractivity contribution in [3.63, 3.8) is 0 Å². The van der Waals surface area contributed by atoms with Gasteiger partial charge < -0.3 is 4.90 Å². The summed E-state index contributed by atoms with van der Waals surface area (Å²) in [6.07, 6.45) is 2.03. The van der Waals surface area contributed by atoms with Crippen molar-refractivity contribution in [1.82, 2.24) is 9.97 Å². The van der Waals surface area contributed by atoms with Crippen LogP contribution in [0, 0.1) is 13.8 Å². The Balaban J connectivity index is 2.33. The van der Waals surface area contributed by atoms with Crippen LogP contribution in [0.5, 0.6) is 0 Å². The van der Waals surface area contributed by atoms with Crippen molar-refractivity contribution < 1.29 is 0 Å². The third-order valence-electron chi connectivity index (χ3n) is 2.84. The number of hydrogen-bond acceptors (Lipinski definition) is 5. The molecule has 1 aromatic rings. The first-order chi connectivity index (χ1) is 7.72. The van der Waals surface area contributed by atoms with Crippen LogP contribution in [-0.2, 0) is 0 Å². The van der Waals surface area contributed by atoms with Gasteiger partial charge in [-0.2, -0.15) is 11.8 Å². The van der Waals surface area contributed by atoms with Gasteiger partial charge in [0, 0.05) is 35.9 Å². The van der Waals surface area contributed by atoms with Crippen LogP contribution in [0.4, 0.5) is 5.82 Å². The van der Waals surface area contributed by atoms with E-state index in [4.69, 9.17) is 0 Å². The van der Waals surface area contributed by atoms with E-state index in [0.29, 0.717) is 0 Å². The van der Waals surface area contributed by atoms with Gasteiger partial charge in [-0.15, -0.1) is 0 Å². The predicted molar refractivity (Wildman–Crippen MR) is 72.8 cm³/mol. The van der Waals surface area contributed by atoms with E-state index < -0.39 is 0 Å². The second kappa shape index (κ2) is 5.27. The first-order valence-corrected chi connectivity index (χ1v) is 7.82. The van der Waals surface area contributed by atoms with Crippen LogP contribution in [0.25, 0.3) is 0 Å². The Hall–Kier alpha value is -0.420. The molecule has 0 spiro atoms. The lowest BCUT2D eigenvalue weighted by atomic mass is 10.2. The van der Waals surface area contributed by atoms with E-state index in [-0.39, 0.29) is 0 Å². The number of rotatable bonds is 2. The van der Waals surface area contributed by atoms with Crippen molar-refractivity contribution in [2.24, 2.45) is 0 Å². The fourth-order valence-corrected chi connectivity index (χ4v) is 3.07. The monoisotopic (exact) mass is 255 g/mol. The molecule has 0 bridgehead atoms. The Morgan fingerprint density at radius 3 is 2.50 bits per heavy atom. The Kier molecular flexibility index (Phi) is 3.97. The molecule has 5 heteroatoms. The second-order valence-corrected chi connectivity index (χ2v) is 5.84. The SMILES string of the molecule is CSc1nc(C)c(C)c(N2CCSCC2)n1. The van der Waals surface area contributed by atoms with Gasteiger partial charge in [0.05, 0.1) is 0 Å². The summed E-state index contributed by atoms with van der Waals surface area (Å²) >= 11 is 3.64.